The molecule has 1 rings (SSSR count). The molecular weight excluding hydrogens is 202 g/mol. The molecule has 1 aromatic rings. The number of benzene rings is 1. The molecule has 1 aromatic carbocycles. The van der Waals surface area contributed by atoms with Gasteiger partial charge in [-0.2, -0.15) is 0 Å². The molecule has 0 radical (unpaired) electrons. The zero-order chi connectivity index (χ0) is 11.8. The van der Waals surface area contributed by atoms with Crippen LogP contribution in [0.1, 0.15) is 12.5 Å². The van der Waals surface area contributed by atoms with Crippen LogP contribution in [0, 0.1) is 11.8 Å². The van der Waals surface area contributed by atoms with Crippen LogP contribution in [0.3, 0.4) is 0 Å². The fourth-order valence-electron chi connectivity index (χ4n) is 1.35. The zero-order valence-corrected chi connectivity index (χ0v) is 9.96. The van der Waals surface area contributed by atoms with Gasteiger partial charge in [0.2, 0.25) is 0 Å². The van der Waals surface area contributed by atoms with Crippen LogP contribution in [0.2, 0.25) is 0 Å². The van der Waals surface area contributed by atoms with E-state index in [0.717, 1.165) is 23.6 Å². The molecule has 0 atom stereocenters. The zero-order valence-electron chi connectivity index (χ0n) is 9.96. The molecule has 3 nitrogen and oxygen atoms in total. The molecule has 0 saturated heterocycles. The fourth-order valence-corrected chi connectivity index (χ4v) is 1.35. The Morgan fingerprint density at radius 2 is 1.94 bits per heavy atom. The minimum Gasteiger partial charge on any atom is -0.493 e. The van der Waals surface area contributed by atoms with Crippen molar-refractivity contribution in [2.24, 2.45) is 0 Å². The second-order valence-corrected chi connectivity index (χ2v) is 3.22. The lowest BCUT2D eigenvalue weighted by atomic mass is 10.2. The molecule has 0 aliphatic rings. The Morgan fingerprint density at radius 1 is 1.19 bits per heavy atom. The van der Waals surface area contributed by atoms with E-state index < -0.39 is 0 Å². The number of methoxy groups -OCH3 is 2. The van der Waals surface area contributed by atoms with Crippen molar-refractivity contribution in [3.8, 4) is 23.3 Å². The van der Waals surface area contributed by atoms with E-state index in [-0.39, 0.29) is 0 Å². The minimum atomic E-state index is 0.699. The Balaban J connectivity index is 2.63. The van der Waals surface area contributed by atoms with Crippen molar-refractivity contribution >= 4 is 0 Å². The number of hydrogen-bond donors (Lipinski definition) is 1. The largest absolute Gasteiger partial charge is 0.493 e. The van der Waals surface area contributed by atoms with Crippen molar-refractivity contribution in [3.63, 3.8) is 0 Å². The standard InChI is InChI=1S/C13H17NO2/c1-4-5-8-14-10-11-6-7-12(15-2)13(9-11)16-3/h6-7,9,14H,8,10H2,1-3H3. The first kappa shape index (κ1) is 12.4. The minimum absolute atomic E-state index is 0.699. The molecule has 0 aromatic heterocycles. The van der Waals surface area contributed by atoms with E-state index >= 15 is 0 Å². The third kappa shape index (κ3) is 3.48. The summed E-state index contributed by atoms with van der Waals surface area (Å²) in [4.78, 5) is 0. The lowest BCUT2D eigenvalue weighted by Gasteiger charge is -2.09. The smallest absolute Gasteiger partial charge is 0.161 e. The van der Waals surface area contributed by atoms with E-state index in [1.54, 1.807) is 14.2 Å². The van der Waals surface area contributed by atoms with Crippen molar-refractivity contribution in [2.75, 3.05) is 20.8 Å². The predicted octanol–water partition coefficient (Wildman–Crippen LogP) is 1.82. The van der Waals surface area contributed by atoms with Crippen LogP contribution in [0.4, 0.5) is 0 Å². The Morgan fingerprint density at radius 3 is 2.56 bits per heavy atom. The molecule has 0 aliphatic carbocycles. The number of hydrogen-bond acceptors (Lipinski definition) is 3. The summed E-state index contributed by atoms with van der Waals surface area (Å²) in [6.45, 7) is 3.30. The van der Waals surface area contributed by atoms with Gasteiger partial charge in [0.05, 0.1) is 20.8 Å². The van der Waals surface area contributed by atoms with Gasteiger partial charge < -0.3 is 14.8 Å². The van der Waals surface area contributed by atoms with Crippen molar-refractivity contribution in [1.29, 1.82) is 0 Å². The summed E-state index contributed by atoms with van der Waals surface area (Å²) in [5, 5.41) is 3.22. The summed E-state index contributed by atoms with van der Waals surface area (Å²) in [5.41, 5.74) is 1.15. The molecule has 0 spiro atoms. The van der Waals surface area contributed by atoms with Gasteiger partial charge in [-0.1, -0.05) is 12.0 Å². The first-order valence-electron chi connectivity index (χ1n) is 5.13. The van der Waals surface area contributed by atoms with E-state index in [2.05, 4.69) is 17.2 Å². The molecule has 0 aliphatic heterocycles. The van der Waals surface area contributed by atoms with Gasteiger partial charge in [0.25, 0.3) is 0 Å². The van der Waals surface area contributed by atoms with E-state index in [1.165, 1.54) is 0 Å². The van der Waals surface area contributed by atoms with Gasteiger partial charge in [-0.3, -0.25) is 0 Å². The Bertz CT molecular complexity index is 391. The van der Waals surface area contributed by atoms with Gasteiger partial charge in [-0.05, 0) is 24.6 Å². The second kappa shape index (κ2) is 6.76. The Kier molecular flexibility index (Phi) is 5.24. The highest BCUT2D eigenvalue weighted by atomic mass is 16.5. The number of ether oxygens (including phenoxy) is 2. The van der Waals surface area contributed by atoms with Crippen molar-refractivity contribution in [1.82, 2.24) is 5.32 Å². The van der Waals surface area contributed by atoms with E-state index in [0.29, 0.717) is 6.54 Å². The molecule has 0 heterocycles. The normalized spacial score (nSPS) is 9.19. The predicted molar refractivity (Wildman–Crippen MR) is 64.7 cm³/mol. The summed E-state index contributed by atoms with van der Waals surface area (Å²) in [6, 6.07) is 5.88. The topological polar surface area (TPSA) is 30.5 Å². The van der Waals surface area contributed by atoms with Crippen LogP contribution in [0.5, 0.6) is 11.5 Å². The second-order valence-electron chi connectivity index (χ2n) is 3.22. The highest BCUT2D eigenvalue weighted by Crippen LogP contribution is 2.27. The quantitative estimate of drug-likeness (QED) is 0.605. The summed E-state index contributed by atoms with van der Waals surface area (Å²) >= 11 is 0. The Labute approximate surface area is 96.8 Å². The third-order valence-corrected chi connectivity index (χ3v) is 2.17. The summed E-state index contributed by atoms with van der Waals surface area (Å²) in [5.74, 6) is 7.29. The molecule has 1 N–H and O–H groups in total. The monoisotopic (exact) mass is 219 g/mol. The molecule has 86 valence electrons. The molecule has 0 saturated carbocycles. The van der Waals surface area contributed by atoms with Crippen molar-refractivity contribution in [2.45, 2.75) is 13.5 Å². The summed E-state index contributed by atoms with van der Waals surface area (Å²) < 4.78 is 10.4. The lowest BCUT2D eigenvalue weighted by molar-refractivity contribution is 0.354. The average Bonchev–Trinajstić information content (AvgIpc) is 2.34. The maximum absolute atomic E-state index is 5.22. The van der Waals surface area contributed by atoms with Gasteiger partial charge in [-0.15, -0.1) is 5.92 Å². The molecule has 0 fully saturated rings. The first-order valence-corrected chi connectivity index (χ1v) is 5.13. The average molecular weight is 219 g/mol. The van der Waals surface area contributed by atoms with Crippen LogP contribution >= 0.6 is 0 Å². The van der Waals surface area contributed by atoms with Crippen LogP contribution in [-0.2, 0) is 6.54 Å². The Hall–Kier alpha value is -1.66. The van der Waals surface area contributed by atoms with Crippen LogP contribution in [0.15, 0.2) is 18.2 Å². The maximum atomic E-state index is 5.22. The van der Waals surface area contributed by atoms with Gasteiger partial charge in [0, 0.05) is 6.54 Å². The van der Waals surface area contributed by atoms with E-state index in [9.17, 15) is 0 Å². The molecule has 16 heavy (non-hydrogen) atoms. The first-order chi connectivity index (χ1) is 7.81. The van der Waals surface area contributed by atoms with Gasteiger partial charge in [-0.25, -0.2) is 0 Å². The van der Waals surface area contributed by atoms with E-state index in [1.807, 2.05) is 25.1 Å². The molecule has 3 heteroatoms. The fraction of sp³-hybridized carbons (Fsp3) is 0.385. The van der Waals surface area contributed by atoms with Crippen LogP contribution in [0.25, 0.3) is 0 Å². The lowest BCUT2D eigenvalue weighted by Crippen LogP contribution is -2.13. The van der Waals surface area contributed by atoms with Gasteiger partial charge in [0.15, 0.2) is 11.5 Å². The van der Waals surface area contributed by atoms with Gasteiger partial charge >= 0.3 is 0 Å². The highest BCUT2D eigenvalue weighted by molar-refractivity contribution is 5.42. The summed E-state index contributed by atoms with van der Waals surface area (Å²) in [6.07, 6.45) is 0. The van der Waals surface area contributed by atoms with Crippen LogP contribution < -0.4 is 14.8 Å². The molecule has 0 bridgehead atoms. The van der Waals surface area contributed by atoms with Crippen molar-refractivity contribution < 1.29 is 9.47 Å². The third-order valence-electron chi connectivity index (χ3n) is 2.17. The number of nitrogens with one attached hydrogen (secondary N) is 1. The van der Waals surface area contributed by atoms with E-state index in [4.69, 9.17) is 9.47 Å². The van der Waals surface area contributed by atoms with Crippen LogP contribution in [-0.4, -0.2) is 20.8 Å². The molecule has 0 unspecified atom stereocenters. The van der Waals surface area contributed by atoms with Gasteiger partial charge in [0.1, 0.15) is 0 Å². The summed E-state index contributed by atoms with van der Waals surface area (Å²) in [7, 11) is 3.27. The highest BCUT2D eigenvalue weighted by Gasteiger charge is 2.03. The number of rotatable bonds is 5. The molecule has 0 amide bonds. The van der Waals surface area contributed by atoms with Crippen molar-refractivity contribution in [3.05, 3.63) is 23.8 Å². The maximum Gasteiger partial charge on any atom is 0.161 e. The molecular formula is C13H17NO2. The SMILES string of the molecule is CC#CCNCc1ccc(OC)c(OC)c1.